The number of carbonyl (C=O) groups is 2. The number of rotatable bonds is 6. The molecule has 0 aliphatic carbocycles. The van der Waals surface area contributed by atoms with Crippen molar-refractivity contribution in [3.8, 4) is 0 Å². The normalized spacial score (nSPS) is 15.9. The zero-order valence-corrected chi connectivity index (χ0v) is 13.2. The molecule has 6 nitrogen and oxygen atoms in total. The lowest BCUT2D eigenvalue weighted by Crippen LogP contribution is -2.49. The van der Waals surface area contributed by atoms with Gasteiger partial charge in [-0.3, -0.25) is 4.79 Å². The summed E-state index contributed by atoms with van der Waals surface area (Å²) in [6.45, 7) is 9.11. The molecule has 0 aromatic rings. The van der Waals surface area contributed by atoms with Gasteiger partial charge in [0.15, 0.2) is 0 Å². The Labute approximate surface area is 120 Å². The lowest BCUT2D eigenvalue weighted by atomic mass is 9.93. The van der Waals surface area contributed by atoms with Crippen LogP contribution in [0.15, 0.2) is 0 Å². The van der Waals surface area contributed by atoms with Crippen LogP contribution >= 0.6 is 0 Å². The smallest absolute Gasteiger partial charge is 0.407 e. The van der Waals surface area contributed by atoms with E-state index in [1.807, 2.05) is 13.8 Å². The maximum atomic E-state index is 11.8. The van der Waals surface area contributed by atoms with E-state index in [2.05, 4.69) is 10.1 Å². The number of amides is 1. The van der Waals surface area contributed by atoms with Gasteiger partial charge in [0.2, 0.25) is 0 Å². The lowest BCUT2D eigenvalue weighted by Gasteiger charge is -2.29. The Morgan fingerprint density at radius 1 is 1.30 bits per heavy atom. The molecule has 0 bridgehead atoms. The topological polar surface area (TPSA) is 84.9 Å². The van der Waals surface area contributed by atoms with Crippen molar-refractivity contribution in [2.45, 2.75) is 65.2 Å². The molecule has 0 aliphatic rings. The zero-order valence-electron chi connectivity index (χ0n) is 13.2. The van der Waals surface area contributed by atoms with E-state index < -0.39 is 29.8 Å². The highest BCUT2D eigenvalue weighted by atomic mass is 16.6. The second-order valence-electron chi connectivity index (χ2n) is 5.91. The average molecular weight is 289 g/mol. The number of esters is 1. The minimum Gasteiger partial charge on any atom is -0.469 e. The molecule has 6 heteroatoms. The molecule has 0 heterocycles. The van der Waals surface area contributed by atoms with Crippen LogP contribution in [-0.2, 0) is 14.3 Å². The van der Waals surface area contributed by atoms with Crippen LogP contribution in [0.1, 0.15) is 47.5 Å². The van der Waals surface area contributed by atoms with E-state index in [-0.39, 0.29) is 12.3 Å². The maximum Gasteiger partial charge on any atom is 0.407 e. The van der Waals surface area contributed by atoms with E-state index in [1.165, 1.54) is 7.11 Å². The van der Waals surface area contributed by atoms with Gasteiger partial charge in [0.25, 0.3) is 0 Å². The van der Waals surface area contributed by atoms with Gasteiger partial charge in [-0.25, -0.2) is 4.79 Å². The van der Waals surface area contributed by atoms with Crippen LogP contribution in [0.5, 0.6) is 0 Å². The lowest BCUT2D eigenvalue weighted by molar-refractivity contribution is -0.143. The molecule has 118 valence electrons. The number of carbonyl (C=O) groups excluding carboxylic acids is 2. The van der Waals surface area contributed by atoms with E-state index in [4.69, 9.17) is 4.74 Å². The molecule has 3 atom stereocenters. The Morgan fingerprint density at radius 2 is 1.85 bits per heavy atom. The zero-order chi connectivity index (χ0) is 15.9. The van der Waals surface area contributed by atoms with Crippen molar-refractivity contribution in [3.63, 3.8) is 0 Å². The fraction of sp³-hybridized carbons (Fsp3) is 0.857. The van der Waals surface area contributed by atoms with E-state index in [0.29, 0.717) is 0 Å². The van der Waals surface area contributed by atoms with Gasteiger partial charge in [0, 0.05) is 0 Å². The van der Waals surface area contributed by atoms with E-state index in [9.17, 15) is 14.7 Å². The molecule has 0 aliphatic heterocycles. The third-order valence-corrected chi connectivity index (χ3v) is 2.96. The largest absolute Gasteiger partial charge is 0.469 e. The summed E-state index contributed by atoms with van der Waals surface area (Å²) in [5.74, 6) is -0.515. The molecule has 0 radical (unpaired) electrons. The number of aliphatic hydroxyl groups excluding tert-OH is 1. The minimum atomic E-state index is -1.01. The summed E-state index contributed by atoms with van der Waals surface area (Å²) in [6, 6.07) is -0.561. The maximum absolute atomic E-state index is 11.8. The first kappa shape index (κ1) is 18.7. The van der Waals surface area contributed by atoms with Gasteiger partial charge in [-0.15, -0.1) is 0 Å². The third-order valence-electron chi connectivity index (χ3n) is 2.96. The number of nitrogens with one attached hydrogen (secondary N) is 1. The summed E-state index contributed by atoms with van der Waals surface area (Å²) in [7, 11) is 1.26. The van der Waals surface area contributed by atoms with Crippen molar-refractivity contribution in [2.24, 2.45) is 5.92 Å². The van der Waals surface area contributed by atoms with E-state index in [0.717, 1.165) is 6.42 Å². The van der Waals surface area contributed by atoms with Crippen LogP contribution in [-0.4, -0.2) is 42.0 Å². The molecule has 0 spiro atoms. The Balaban J connectivity index is 4.72. The molecular formula is C14H27NO5. The van der Waals surface area contributed by atoms with Crippen LogP contribution in [0.2, 0.25) is 0 Å². The molecule has 0 aromatic heterocycles. The first-order valence-electron chi connectivity index (χ1n) is 6.85. The van der Waals surface area contributed by atoms with E-state index >= 15 is 0 Å². The van der Waals surface area contributed by atoms with Gasteiger partial charge >= 0.3 is 12.1 Å². The Morgan fingerprint density at radius 3 is 2.25 bits per heavy atom. The van der Waals surface area contributed by atoms with Gasteiger partial charge in [0.1, 0.15) is 5.60 Å². The summed E-state index contributed by atoms with van der Waals surface area (Å²) in [6.07, 6.45) is -1.03. The summed E-state index contributed by atoms with van der Waals surface area (Å²) >= 11 is 0. The summed E-state index contributed by atoms with van der Waals surface area (Å²) in [4.78, 5) is 23.0. The molecule has 2 N–H and O–H groups in total. The van der Waals surface area contributed by atoms with Gasteiger partial charge in [-0.1, -0.05) is 20.3 Å². The number of hydrogen-bond donors (Lipinski definition) is 2. The standard InChI is InChI=1S/C14H27NO5/c1-7-9(2)12(10(16)8-11(17)19-6)15-13(18)20-14(3,4)5/h9-10,12,16H,7-8H2,1-6H3,(H,15,18)/t9-,10-,12+/m0/s1. The number of aliphatic hydroxyl groups is 1. The quantitative estimate of drug-likeness (QED) is 0.729. The highest BCUT2D eigenvalue weighted by Crippen LogP contribution is 2.16. The first-order chi connectivity index (χ1) is 9.10. The SMILES string of the molecule is CC[C@H](C)[C@@H](NC(=O)OC(C)(C)C)[C@@H](O)CC(=O)OC. The van der Waals surface area contributed by atoms with E-state index in [1.54, 1.807) is 20.8 Å². The van der Waals surface area contributed by atoms with Crippen molar-refractivity contribution >= 4 is 12.1 Å². The second kappa shape index (κ2) is 8.09. The van der Waals surface area contributed by atoms with Crippen LogP contribution in [0.4, 0.5) is 4.79 Å². The number of ether oxygens (including phenoxy) is 2. The van der Waals surface area contributed by atoms with Gasteiger partial charge in [0.05, 0.1) is 25.7 Å². The highest BCUT2D eigenvalue weighted by molar-refractivity contribution is 5.71. The predicted octanol–water partition coefficient (Wildman–Crippen LogP) is 1.85. The van der Waals surface area contributed by atoms with Crippen LogP contribution < -0.4 is 5.32 Å². The summed E-state index contributed by atoms with van der Waals surface area (Å²) < 4.78 is 9.69. The first-order valence-corrected chi connectivity index (χ1v) is 6.85. The van der Waals surface area contributed by atoms with Gasteiger partial charge in [-0.2, -0.15) is 0 Å². The Hall–Kier alpha value is -1.30. The average Bonchev–Trinajstić information content (AvgIpc) is 2.32. The van der Waals surface area contributed by atoms with Crippen molar-refractivity contribution < 1.29 is 24.2 Å². The second-order valence-corrected chi connectivity index (χ2v) is 5.91. The molecule has 0 rings (SSSR count). The van der Waals surface area contributed by atoms with Gasteiger partial charge in [-0.05, 0) is 26.7 Å². The van der Waals surface area contributed by atoms with Crippen LogP contribution in [0.25, 0.3) is 0 Å². The molecule has 0 unspecified atom stereocenters. The number of methoxy groups -OCH3 is 1. The minimum absolute atomic E-state index is 0.00201. The molecule has 0 saturated heterocycles. The Kier molecular flexibility index (Phi) is 7.57. The molecule has 1 amide bonds. The number of hydrogen-bond acceptors (Lipinski definition) is 5. The fourth-order valence-electron chi connectivity index (χ4n) is 1.70. The molecule has 0 aromatic carbocycles. The van der Waals surface area contributed by atoms with Crippen LogP contribution in [0, 0.1) is 5.92 Å². The monoisotopic (exact) mass is 289 g/mol. The highest BCUT2D eigenvalue weighted by Gasteiger charge is 2.29. The summed E-state index contributed by atoms with van der Waals surface area (Å²) in [5.41, 5.74) is -0.614. The van der Waals surface area contributed by atoms with Crippen molar-refractivity contribution in [1.82, 2.24) is 5.32 Å². The van der Waals surface area contributed by atoms with Crippen molar-refractivity contribution in [1.29, 1.82) is 0 Å². The van der Waals surface area contributed by atoms with Gasteiger partial charge < -0.3 is 19.9 Å². The number of alkyl carbamates (subject to hydrolysis) is 1. The fourth-order valence-corrected chi connectivity index (χ4v) is 1.70. The third kappa shape index (κ3) is 7.33. The van der Waals surface area contributed by atoms with Crippen molar-refractivity contribution in [3.05, 3.63) is 0 Å². The van der Waals surface area contributed by atoms with Crippen molar-refractivity contribution in [2.75, 3.05) is 7.11 Å². The van der Waals surface area contributed by atoms with Crippen LogP contribution in [0.3, 0.4) is 0 Å². The molecule has 0 saturated carbocycles. The predicted molar refractivity (Wildman–Crippen MR) is 75.3 cm³/mol. The molecule has 20 heavy (non-hydrogen) atoms. The molecular weight excluding hydrogens is 262 g/mol. The molecule has 0 fully saturated rings. The summed E-state index contributed by atoms with van der Waals surface area (Å²) in [5, 5.41) is 12.7. The Bertz CT molecular complexity index is 324.